The summed E-state index contributed by atoms with van der Waals surface area (Å²) < 4.78 is 0.688. The van der Waals surface area contributed by atoms with Gasteiger partial charge in [-0.15, -0.1) is 10.2 Å². The minimum atomic E-state index is -0.783. The number of carbonyl (C=O) groups excluding carboxylic acids is 2. The lowest BCUT2D eigenvalue weighted by molar-refractivity contribution is -0.132. The Kier molecular flexibility index (Phi) is 5.44. The number of Topliss-reactive ketones (excluding diaryl/α,β-unsaturated/α-hetero) is 1. The topological polar surface area (TPSA) is 83.4 Å². The van der Waals surface area contributed by atoms with Gasteiger partial charge in [0.05, 0.1) is 11.6 Å². The molecule has 1 saturated heterocycles. The average molecular weight is 438 g/mol. The largest absolute Gasteiger partial charge is 0.507 e. The van der Waals surface area contributed by atoms with Gasteiger partial charge in [-0.3, -0.25) is 14.5 Å². The molecule has 152 valence electrons. The second kappa shape index (κ2) is 8.04. The van der Waals surface area contributed by atoms with Crippen LogP contribution in [0.4, 0.5) is 5.13 Å². The van der Waals surface area contributed by atoms with Gasteiger partial charge in [0.15, 0.2) is 4.34 Å². The quantitative estimate of drug-likeness (QED) is 0.213. The van der Waals surface area contributed by atoms with Crippen LogP contribution >= 0.6 is 23.1 Å². The maximum Gasteiger partial charge on any atom is 0.301 e. The highest BCUT2D eigenvalue weighted by molar-refractivity contribution is 8.00. The van der Waals surface area contributed by atoms with E-state index in [9.17, 15) is 14.7 Å². The lowest BCUT2D eigenvalue weighted by atomic mass is 9.94. The summed E-state index contributed by atoms with van der Waals surface area (Å²) in [6.45, 7) is 3.90. The van der Waals surface area contributed by atoms with Crippen LogP contribution in [0.1, 0.15) is 28.3 Å². The predicted molar refractivity (Wildman–Crippen MR) is 119 cm³/mol. The van der Waals surface area contributed by atoms with Crippen LogP contribution in [-0.2, 0) is 9.59 Å². The highest BCUT2D eigenvalue weighted by Crippen LogP contribution is 2.43. The van der Waals surface area contributed by atoms with Crippen molar-refractivity contribution in [1.29, 1.82) is 0 Å². The number of nitrogens with zero attached hydrogens (tertiary/aromatic N) is 3. The van der Waals surface area contributed by atoms with E-state index in [4.69, 9.17) is 0 Å². The van der Waals surface area contributed by atoms with Gasteiger partial charge in [0, 0.05) is 5.56 Å². The maximum absolute atomic E-state index is 13.0. The van der Waals surface area contributed by atoms with Crippen molar-refractivity contribution in [3.05, 3.63) is 76.4 Å². The third-order valence-electron chi connectivity index (χ3n) is 4.94. The van der Waals surface area contributed by atoms with E-state index in [1.807, 2.05) is 56.5 Å². The molecule has 0 saturated carbocycles. The Morgan fingerprint density at radius 3 is 2.17 bits per heavy atom. The smallest absolute Gasteiger partial charge is 0.301 e. The minimum Gasteiger partial charge on any atom is -0.507 e. The van der Waals surface area contributed by atoms with Gasteiger partial charge in [0.1, 0.15) is 5.76 Å². The number of ketones is 1. The van der Waals surface area contributed by atoms with Gasteiger partial charge in [-0.25, -0.2) is 0 Å². The van der Waals surface area contributed by atoms with Crippen molar-refractivity contribution < 1.29 is 14.7 Å². The van der Waals surface area contributed by atoms with Crippen LogP contribution in [0.25, 0.3) is 5.76 Å². The number of aryl methyl sites for hydroxylation is 2. The standard InChI is InChI=1S/C22H19N3O3S2/c1-12-4-8-14(9-5-12)17-16(18(26)15-10-6-13(2)7-11-15)19(27)20(28)25(17)21-23-24-22(29-3)30-21/h4-11,17,26H,1-3H3. The number of aliphatic hydroxyl groups is 1. The number of aliphatic hydroxyl groups excluding tert-OH is 1. The molecule has 8 heteroatoms. The van der Waals surface area contributed by atoms with E-state index >= 15 is 0 Å². The summed E-state index contributed by atoms with van der Waals surface area (Å²) in [6, 6.07) is 13.9. The Morgan fingerprint density at radius 2 is 1.60 bits per heavy atom. The summed E-state index contributed by atoms with van der Waals surface area (Å²) in [4.78, 5) is 27.4. The minimum absolute atomic E-state index is 0.0496. The number of benzene rings is 2. The highest BCUT2D eigenvalue weighted by atomic mass is 32.2. The van der Waals surface area contributed by atoms with E-state index in [2.05, 4.69) is 10.2 Å². The third kappa shape index (κ3) is 3.53. The second-order valence-corrected chi connectivity index (χ2v) is 9.01. The van der Waals surface area contributed by atoms with Crippen LogP contribution in [-0.4, -0.2) is 33.3 Å². The SMILES string of the molecule is CSc1nnc(N2C(=O)C(=O)C(=C(O)c3ccc(C)cc3)C2c2ccc(C)cc2)s1. The average Bonchev–Trinajstić information content (AvgIpc) is 3.31. The Bertz CT molecular complexity index is 1150. The van der Waals surface area contributed by atoms with Crippen LogP contribution < -0.4 is 4.90 Å². The molecular formula is C22H19N3O3S2. The molecule has 1 aromatic heterocycles. The van der Waals surface area contributed by atoms with Gasteiger partial charge in [0.25, 0.3) is 5.78 Å². The molecule has 1 fully saturated rings. The predicted octanol–water partition coefficient (Wildman–Crippen LogP) is 4.50. The van der Waals surface area contributed by atoms with Crippen LogP contribution in [0, 0.1) is 13.8 Å². The van der Waals surface area contributed by atoms with Crippen LogP contribution in [0.3, 0.4) is 0 Å². The van der Waals surface area contributed by atoms with Crippen molar-refractivity contribution in [1.82, 2.24) is 10.2 Å². The molecule has 1 unspecified atom stereocenters. The molecule has 30 heavy (non-hydrogen) atoms. The van der Waals surface area contributed by atoms with Crippen LogP contribution in [0.5, 0.6) is 0 Å². The molecule has 1 aliphatic heterocycles. The Balaban J connectivity index is 1.92. The zero-order valence-corrected chi connectivity index (χ0v) is 18.3. The number of anilines is 1. The van der Waals surface area contributed by atoms with E-state index < -0.39 is 17.7 Å². The number of rotatable bonds is 4. The summed E-state index contributed by atoms with van der Waals surface area (Å²) in [5.74, 6) is -1.66. The summed E-state index contributed by atoms with van der Waals surface area (Å²) in [6.07, 6.45) is 1.87. The molecule has 1 amide bonds. The van der Waals surface area contributed by atoms with E-state index in [-0.39, 0.29) is 11.3 Å². The number of carbonyl (C=O) groups is 2. The lowest BCUT2D eigenvalue weighted by Crippen LogP contribution is -2.29. The van der Waals surface area contributed by atoms with Crippen molar-refractivity contribution in [3.8, 4) is 0 Å². The van der Waals surface area contributed by atoms with Crippen molar-refractivity contribution in [2.75, 3.05) is 11.2 Å². The van der Waals surface area contributed by atoms with E-state index in [0.717, 1.165) is 16.7 Å². The first kappa shape index (κ1) is 20.3. The molecule has 6 nitrogen and oxygen atoms in total. The number of thioether (sulfide) groups is 1. The highest BCUT2D eigenvalue weighted by Gasteiger charge is 2.48. The molecule has 4 rings (SSSR count). The van der Waals surface area contributed by atoms with Crippen molar-refractivity contribution in [2.24, 2.45) is 0 Å². The fourth-order valence-electron chi connectivity index (χ4n) is 3.34. The lowest BCUT2D eigenvalue weighted by Gasteiger charge is -2.22. The number of aromatic nitrogens is 2. The monoisotopic (exact) mass is 437 g/mol. The molecule has 1 aliphatic rings. The molecule has 0 spiro atoms. The molecule has 1 atom stereocenters. The summed E-state index contributed by atoms with van der Waals surface area (Å²) in [5, 5.41) is 19.6. The second-order valence-electron chi connectivity index (χ2n) is 7.00. The van der Waals surface area contributed by atoms with Gasteiger partial charge >= 0.3 is 5.91 Å². The molecule has 0 bridgehead atoms. The van der Waals surface area contributed by atoms with Gasteiger partial charge in [-0.2, -0.15) is 0 Å². The summed E-state index contributed by atoms with van der Waals surface area (Å²) in [5.41, 5.74) is 3.33. The number of hydrogen-bond donors (Lipinski definition) is 1. The summed E-state index contributed by atoms with van der Waals surface area (Å²) >= 11 is 2.65. The van der Waals surface area contributed by atoms with Crippen LogP contribution in [0.2, 0.25) is 0 Å². The molecule has 1 N–H and O–H groups in total. The fraction of sp³-hybridized carbons (Fsp3) is 0.182. The molecule has 3 aromatic rings. The van der Waals surface area contributed by atoms with Crippen molar-refractivity contribution in [2.45, 2.75) is 24.2 Å². The molecule has 0 radical (unpaired) electrons. The Hall–Kier alpha value is -2.97. The summed E-state index contributed by atoms with van der Waals surface area (Å²) in [7, 11) is 0. The molecule has 2 aromatic carbocycles. The van der Waals surface area contributed by atoms with E-state index in [0.29, 0.717) is 15.0 Å². The molecule has 0 aliphatic carbocycles. The first-order valence-electron chi connectivity index (χ1n) is 9.23. The zero-order valence-electron chi connectivity index (χ0n) is 16.6. The van der Waals surface area contributed by atoms with Crippen LogP contribution in [0.15, 0.2) is 58.4 Å². The number of hydrogen-bond acceptors (Lipinski definition) is 7. The third-order valence-corrected chi connectivity index (χ3v) is 6.84. The zero-order chi connectivity index (χ0) is 21.4. The van der Waals surface area contributed by atoms with Gasteiger partial charge in [-0.1, -0.05) is 82.8 Å². The van der Waals surface area contributed by atoms with Crippen molar-refractivity contribution >= 4 is 45.7 Å². The maximum atomic E-state index is 13.0. The van der Waals surface area contributed by atoms with Gasteiger partial charge in [0.2, 0.25) is 5.13 Å². The number of amides is 1. The van der Waals surface area contributed by atoms with E-state index in [1.54, 1.807) is 12.1 Å². The van der Waals surface area contributed by atoms with Gasteiger partial charge < -0.3 is 5.11 Å². The Morgan fingerprint density at radius 1 is 1.00 bits per heavy atom. The Labute approximate surface area is 182 Å². The first-order chi connectivity index (χ1) is 14.4. The van der Waals surface area contributed by atoms with E-state index in [1.165, 1.54) is 28.0 Å². The molecular weight excluding hydrogens is 418 g/mol. The van der Waals surface area contributed by atoms with Crippen molar-refractivity contribution in [3.63, 3.8) is 0 Å². The molecule has 2 heterocycles. The first-order valence-corrected chi connectivity index (χ1v) is 11.3. The fourth-order valence-corrected chi connectivity index (χ4v) is 4.63. The normalized spacial score (nSPS) is 18.2. The van der Waals surface area contributed by atoms with Gasteiger partial charge in [-0.05, 0) is 25.7 Å².